The zero-order chi connectivity index (χ0) is 9.35. The molecular weight excluding hydrogens is 152 g/mol. The Bertz CT molecular complexity index is 294. The van der Waals surface area contributed by atoms with E-state index in [-0.39, 0.29) is 5.41 Å². The van der Waals surface area contributed by atoms with Crippen LogP contribution in [0.4, 0.5) is 0 Å². The Hall–Kier alpha value is -1.12. The number of carbonyl (C=O) groups excluding carboxylic acids is 1. The van der Waals surface area contributed by atoms with Crippen molar-refractivity contribution >= 4 is 6.29 Å². The van der Waals surface area contributed by atoms with Crippen molar-refractivity contribution in [3.05, 3.63) is 17.5 Å². The van der Waals surface area contributed by atoms with Gasteiger partial charge in [-0.2, -0.15) is 5.10 Å². The standard InChI is InChI=1S/C9H14N2O/c1-9(2,3)8-7(6-12)5-10-11(8)4/h5-6H,1-4H3. The molecule has 0 aromatic carbocycles. The maximum atomic E-state index is 10.6. The van der Waals surface area contributed by atoms with Gasteiger partial charge in [0.25, 0.3) is 0 Å². The molecule has 0 radical (unpaired) electrons. The monoisotopic (exact) mass is 166 g/mol. The van der Waals surface area contributed by atoms with Crippen LogP contribution in [0.5, 0.6) is 0 Å². The van der Waals surface area contributed by atoms with Crippen LogP contribution in [0.25, 0.3) is 0 Å². The molecule has 0 atom stereocenters. The molecule has 66 valence electrons. The van der Waals surface area contributed by atoms with Crippen molar-refractivity contribution in [1.29, 1.82) is 0 Å². The molecule has 0 aliphatic carbocycles. The molecule has 0 aliphatic heterocycles. The SMILES string of the molecule is Cn1ncc(C=O)c1C(C)(C)C. The van der Waals surface area contributed by atoms with Gasteiger partial charge in [-0.1, -0.05) is 20.8 Å². The van der Waals surface area contributed by atoms with Crippen LogP contribution in [-0.2, 0) is 12.5 Å². The van der Waals surface area contributed by atoms with Gasteiger partial charge in [0.05, 0.1) is 17.5 Å². The quantitative estimate of drug-likeness (QED) is 0.593. The lowest BCUT2D eigenvalue weighted by atomic mass is 9.89. The predicted octanol–water partition coefficient (Wildman–Crippen LogP) is 1.53. The summed E-state index contributed by atoms with van der Waals surface area (Å²) >= 11 is 0. The molecule has 1 aromatic heterocycles. The molecule has 3 heteroatoms. The van der Waals surface area contributed by atoms with E-state index in [1.54, 1.807) is 10.9 Å². The molecule has 1 aromatic rings. The Balaban J connectivity index is 3.28. The van der Waals surface area contributed by atoms with Crippen molar-refractivity contribution in [3.8, 4) is 0 Å². The van der Waals surface area contributed by atoms with Crippen molar-refractivity contribution in [2.75, 3.05) is 0 Å². The predicted molar refractivity (Wildman–Crippen MR) is 47.3 cm³/mol. The van der Waals surface area contributed by atoms with Crippen LogP contribution in [0, 0.1) is 0 Å². The molecule has 1 heterocycles. The Morgan fingerprint density at radius 2 is 2.08 bits per heavy atom. The van der Waals surface area contributed by atoms with Crippen molar-refractivity contribution in [1.82, 2.24) is 9.78 Å². The molecular formula is C9H14N2O. The van der Waals surface area contributed by atoms with Crippen molar-refractivity contribution in [3.63, 3.8) is 0 Å². The van der Waals surface area contributed by atoms with E-state index >= 15 is 0 Å². The number of nitrogens with zero attached hydrogens (tertiary/aromatic N) is 2. The molecule has 0 saturated heterocycles. The second-order valence-corrected chi connectivity index (χ2v) is 3.94. The van der Waals surface area contributed by atoms with E-state index in [1.807, 2.05) is 7.05 Å². The van der Waals surface area contributed by atoms with Gasteiger partial charge in [-0.3, -0.25) is 9.48 Å². The maximum absolute atomic E-state index is 10.6. The third kappa shape index (κ3) is 1.40. The van der Waals surface area contributed by atoms with Gasteiger partial charge in [0.1, 0.15) is 0 Å². The third-order valence-corrected chi connectivity index (χ3v) is 1.80. The summed E-state index contributed by atoms with van der Waals surface area (Å²) in [6.07, 6.45) is 2.46. The molecule has 12 heavy (non-hydrogen) atoms. The fourth-order valence-electron chi connectivity index (χ4n) is 1.46. The second kappa shape index (κ2) is 2.73. The molecule has 1 rings (SSSR count). The van der Waals surface area contributed by atoms with Gasteiger partial charge in [0.2, 0.25) is 0 Å². The molecule has 0 N–H and O–H groups in total. The normalized spacial score (nSPS) is 11.7. The first-order valence-electron chi connectivity index (χ1n) is 3.94. The van der Waals surface area contributed by atoms with E-state index in [2.05, 4.69) is 25.9 Å². The molecule has 0 unspecified atom stereocenters. The summed E-state index contributed by atoms with van der Waals surface area (Å²) in [5.41, 5.74) is 1.64. The third-order valence-electron chi connectivity index (χ3n) is 1.80. The van der Waals surface area contributed by atoms with Crippen LogP contribution in [-0.4, -0.2) is 16.1 Å². The minimum atomic E-state index is -0.0263. The van der Waals surface area contributed by atoms with E-state index in [4.69, 9.17) is 0 Å². The molecule has 0 amide bonds. The second-order valence-electron chi connectivity index (χ2n) is 3.94. The Labute approximate surface area is 72.4 Å². The number of carbonyl (C=O) groups is 1. The van der Waals surface area contributed by atoms with Crippen molar-refractivity contribution in [2.24, 2.45) is 7.05 Å². The van der Waals surface area contributed by atoms with Crippen LogP contribution in [0.1, 0.15) is 36.8 Å². The lowest BCUT2D eigenvalue weighted by Gasteiger charge is -2.19. The highest BCUT2D eigenvalue weighted by Gasteiger charge is 2.21. The van der Waals surface area contributed by atoms with Crippen LogP contribution in [0.15, 0.2) is 6.20 Å². The zero-order valence-electron chi connectivity index (χ0n) is 7.96. The highest BCUT2D eigenvalue weighted by atomic mass is 16.1. The molecule has 3 nitrogen and oxygen atoms in total. The van der Waals surface area contributed by atoms with E-state index in [9.17, 15) is 4.79 Å². The smallest absolute Gasteiger partial charge is 0.153 e. The summed E-state index contributed by atoms with van der Waals surface area (Å²) in [6, 6.07) is 0. The Morgan fingerprint density at radius 1 is 1.50 bits per heavy atom. The number of aromatic nitrogens is 2. The summed E-state index contributed by atoms with van der Waals surface area (Å²) in [4.78, 5) is 10.6. The first kappa shape index (κ1) is 8.97. The van der Waals surface area contributed by atoms with Gasteiger partial charge in [-0.05, 0) is 0 Å². The van der Waals surface area contributed by atoms with Gasteiger partial charge in [-0.15, -0.1) is 0 Å². The highest BCUT2D eigenvalue weighted by Crippen LogP contribution is 2.23. The number of aldehydes is 1. The summed E-state index contributed by atoms with van der Waals surface area (Å²) in [5, 5.41) is 4.04. The minimum Gasteiger partial charge on any atom is -0.298 e. The van der Waals surface area contributed by atoms with Crippen LogP contribution in [0.2, 0.25) is 0 Å². The topological polar surface area (TPSA) is 34.9 Å². The maximum Gasteiger partial charge on any atom is 0.153 e. The largest absolute Gasteiger partial charge is 0.298 e. The average molecular weight is 166 g/mol. The van der Waals surface area contributed by atoms with E-state index in [0.717, 1.165) is 12.0 Å². The number of rotatable bonds is 1. The van der Waals surface area contributed by atoms with E-state index < -0.39 is 0 Å². The van der Waals surface area contributed by atoms with E-state index in [0.29, 0.717) is 5.56 Å². The van der Waals surface area contributed by atoms with E-state index in [1.165, 1.54) is 0 Å². The van der Waals surface area contributed by atoms with Crippen LogP contribution >= 0.6 is 0 Å². The molecule has 0 fully saturated rings. The Kier molecular flexibility index (Phi) is 2.04. The summed E-state index contributed by atoms with van der Waals surface area (Å²) < 4.78 is 1.75. The minimum absolute atomic E-state index is 0.0263. The summed E-state index contributed by atoms with van der Waals surface area (Å²) in [6.45, 7) is 6.20. The van der Waals surface area contributed by atoms with Crippen molar-refractivity contribution < 1.29 is 4.79 Å². The van der Waals surface area contributed by atoms with Gasteiger partial charge in [0, 0.05) is 12.5 Å². The lowest BCUT2D eigenvalue weighted by Crippen LogP contribution is -2.18. The van der Waals surface area contributed by atoms with Crippen LogP contribution in [0.3, 0.4) is 0 Å². The van der Waals surface area contributed by atoms with Crippen molar-refractivity contribution in [2.45, 2.75) is 26.2 Å². The van der Waals surface area contributed by atoms with Gasteiger partial charge >= 0.3 is 0 Å². The molecule has 0 spiro atoms. The lowest BCUT2D eigenvalue weighted by molar-refractivity contribution is 0.112. The first-order chi connectivity index (χ1) is 5.46. The first-order valence-corrected chi connectivity index (χ1v) is 3.94. The molecule has 0 bridgehead atoms. The van der Waals surface area contributed by atoms with Crippen LogP contribution < -0.4 is 0 Å². The number of aryl methyl sites for hydroxylation is 1. The van der Waals surface area contributed by atoms with Gasteiger partial charge in [0.15, 0.2) is 6.29 Å². The number of hydrogen-bond acceptors (Lipinski definition) is 2. The fourth-order valence-corrected chi connectivity index (χ4v) is 1.46. The highest BCUT2D eigenvalue weighted by molar-refractivity contribution is 5.76. The average Bonchev–Trinajstić information content (AvgIpc) is 2.29. The van der Waals surface area contributed by atoms with Gasteiger partial charge in [-0.25, -0.2) is 0 Å². The number of hydrogen-bond donors (Lipinski definition) is 0. The summed E-state index contributed by atoms with van der Waals surface area (Å²) in [7, 11) is 1.85. The summed E-state index contributed by atoms with van der Waals surface area (Å²) in [5.74, 6) is 0. The molecule has 0 saturated carbocycles. The fraction of sp³-hybridized carbons (Fsp3) is 0.556. The zero-order valence-corrected chi connectivity index (χ0v) is 7.96. The van der Waals surface area contributed by atoms with Gasteiger partial charge < -0.3 is 0 Å². The Morgan fingerprint density at radius 3 is 2.42 bits per heavy atom. The molecule has 0 aliphatic rings.